The zero-order chi connectivity index (χ0) is 13.9. The average Bonchev–Trinajstić information content (AvgIpc) is 2.97. The van der Waals surface area contributed by atoms with Gasteiger partial charge in [-0.3, -0.25) is 14.8 Å². The molecule has 0 spiro atoms. The standard InChI is InChI=1S/C15H14ClN3O/c16-13-5-7-18-10-12(13)15(20)19-8-2-4-14(19)11-3-1-6-17-9-11/h1,3,5-7,9-10,14H,2,4,8H2. The normalized spacial score (nSPS) is 18.2. The van der Waals surface area contributed by atoms with Gasteiger partial charge in [-0.1, -0.05) is 17.7 Å². The van der Waals surface area contributed by atoms with Gasteiger partial charge >= 0.3 is 0 Å². The molecule has 0 radical (unpaired) electrons. The van der Waals surface area contributed by atoms with Gasteiger partial charge in [0.15, 0.2) is 0 Å². The van der Waals surface area contributed by atoms with E-state index in [-0.39, 0.29) is 11.9 Å². The fourth-order valence-electron chi connectivity index (χ4n) is 2.62. The number of nitrogens with zero attached hydrogens (tertiary/aromatic N) is 3. The van der Waals surface area contributed by atoms with E-state index in [0.717, 1.165) is 24.9 Å². The molecule has 2 aromatic heterocycles. The van der Waals surface area contributed by atoms with Gasteiger partial charge in [-0.05, 0) is 30.5 Å². The Morgan fingerprint density at radius 3 is 2.85 bits per heavy atom. The summed E-state index contributed by atoms with van der Waals surface area (Å²) in [5.41, 5.74) is 1.53. The number of aromatic nitrogens is 2. The second kappa shape index (κ2) is 5.59. The van der Waals surface area contributed by atoms with Crippen molar-refractivity contribution in [2.24, 2.45) is 0 Å². The number of carbonyl (C=O) groups excluding carboxylic acids is 1. The highest BCUT2D eigenvalue weighted by atomic mass is 35.5. The van der Waals surface area contributed by atoms with E-state index < -0.39 is 0 Å². The second-order valence-electron chi connectivity index (χ2n) is 4.80. The Balaban J connectivity index is 1.90. The molecule has 1 unspecified atom stereocenters. The summed E-state index contributed by atoms with van der Waals surface area (Å²) < 4.78 is 0. The van der Waals surface area contributed by atoms with Crippen molar-refractivity contribution in [2.75, 3.05) is 6.54 Å². The lowest BCUT2D eigenvalue weighted by atomic mass is 10.1. The molecule has 1 aliphatic rings. The molecule has 1 saturated heterocycles. The van der Waals surface area contributed by atoms with Crippen LogP contribution >= 0.6 is 11.6 Å². The van der Waals surface area contributed by atoms with Gasteiger partial charge < -0.3 is 4.90 Å². The SMILES string of the molecule is O=C(c1cnccc1Cl)N1CCCC1c1cccnc1. The fraction of sp³-hybridized carbons (Fsp3) is 0.267. The summed E-state index contributed by atoms with van der Waals surface area (Å²) in [6.07, 6.45) is 8.62. The third-order valence-electron chi connectivity index (χ3n) is 3.58. The number of pyridine rings is 2. The van der Waals surface area contributed by atoms with Crippen LogP contribution in [0, 0.1) is 0 Å². The summed E-state index contributed by atoms with van der Waals surface area (Å²) in [4.78, 5) is 22.6. The molecule has 20 heavy (non-hydrogen) atoms. The van der Waals surface area contributed by atoms with Gasteiger partial charge in [0.2, 0.25) is 0 Å². The second-order valence-corrected chi connectivity index (χ2v) is 5.21. The zero-order valence-electron chi connectivity index (χ0n) is 10.9. The lowest BCUT2D eigenvalue weighted by Crippen LogP contribution is -2.30. The van der Waals surface area contributed by atoms with Crippen LogP contribution in [0.5, 0.6) is 0 Å². The van der Waals surface area contributed by atoms with Crippen LogP contribution in [0.1, 0.15) is 34.8 Å². The Hall–Kier alpha value is -1.94. The summed E-state index contributed by atoms with van der Waals surface area (Å²) in [5, 5.41) is 0.446. The molecule has 1 atom stereocenters. The summed E-state index contributed by atoms with van der Waals surface area (Å²) in [6.45, 7) is 0.740. The summed E-state index contributed by atoms with van der Waals surface area (Å²) >= 11 is 6.09. The number of rotatable bonds is 2. The van der Waals surface area contributed by atoms with Crippen molar-refractivity contribution in [3.05, 3.63) is 59.1 Å². The molecular formula is C15H14ClN3O. The summed E-state index contributed by atoms with van der Waals surface area (Å²) in [7, 11) is 0. The Morgan fingerprint density at radius 2 is 2.10 bits per heavy atom. The van der Waals surface area contributed by atoms with E-state index in [1.807, 2.05) is 23.2 Å². The molecule has 0 bridgehead atoms. The highest BCUT2D eigenvalue weighted by Crippen LogP contribution is 2.33. The maximum absolute atomic E-state index is 12.6. The van der Waals surface area contributed by atoms with E-state index in [1.165, 1.54) is 6.20 Å². The molecule has 102 valence electrons. The molecular weight excluding hydrogens is 274 g/mol. The van der Waals surface area contributed by atoms with Gasteiger partial charge in [-0.25, -0.2) is 0 Å². The number of carbonyl (C=O) groups is 1. The minimum absolute atomic E-state index is 0.0607. The minimum Gasteiger partial charge on any atom is -0.331 e. The van der Waals surface area contributed by atoms with Crippen molar-refractivity contribution in [1.82, 2.24) is 14.9 Å². The lowest BCUT2D eigenvalue weighted by Gasteiger charge is -2.25. The van der Waals surface area contributed by atoms with E-state index in [9.17, 15) is 4.79 Å². The first-order valence-corrected chi connectivity index (χ1v) is 6.95. The predicted molar refractivity (Wildman–Crippen MR) is 76.5 cm³/mol. The van der Waals surface area contributed by atoms with Crippen molar-refractivity contribution in [3.8, 4) is 0 Å². The average molecular weight is 288 g/mol. The maximum Gasteiger partial charge on any atom is 0.257 e. The first-order chi connectivity index (χ1) is 9.77. The Kier molecular flexibility index (Phi) is 3.65. The molecule has 3 heterocycles. The minimum atomic E-state index is -0.0607. The van der Waals surface area contributed by atoms with Crippen molar-refractivity contribution in [2.45, 2.75) is 18.9 Å². The molecule has 1 fully saturated rings. The van der Waals surface area contributed by atoms with Gasteiger partial charge in [0.1, 0.15) is 0 Å². The lowest BCUT2D eigenvalue weighted by molar-refractivity contribution is 0.0735. The van der Waals surface area contributed by atoms with Crippen LogP contribution in [0.4, 0.5) is 0 Å². The first-order valence-electron chi connectivity index (χ1n) is 6.58. The number of halogens is 1. The smallest absolute Gasteiger partial charge is 0.257 e. The molecule has 5 heteroatoms. The van der Waals surface area contributed by atoms with Crippen LogP contribution in [-0.4, -0.2) is 27.3 Å². The molecule has 0 aliphatic carbocycles. The predicted octanol–water partition coefficient (Wildman–Crippen LogP) is 3.11. The number of amides is 1. The van der Waals surface area contributed by atoms with Crippen LogP contribution < -0.4 is 0 Å². The summed E-state index contributed by atoms with van der Waals surface area (Å²) in [5.74, 6) is -0.0607. The fourth-order valence-corrected chi connectivity index (χ4v) is 2.80. The number of hydrogen-bond acceptors (Lipinski definition) is 3. The molecule has 0 N–H and O–H groups in total. The largest absolute Gasteiger partial charge is 0.331 e. The van der Waals surface area contributed by atoms with E-state index in [4.69, 9.17) is 11.6 Å². The van der Waals surface area contributed by atoms with Gasteiger partial charge in [0.05, 0.1) is 16.6 Å². The van der Waals surface area contributed by atoms with Gasteiger partial charge in [-0.2, -0.15) is 0 Å². The maximum atomic E-state index is 12.6. The van der Waals surface area contributed by atoms with E-state index >= 15 is 0 Å². The monoisotopic (exact) mass is 287 g/mol. The molecule has 0 aromatic carbocycles. The zero-order valence-corrected chi connectivity index (χ0v) is 11.6. The molecule has 1 amide bonds. The third-order valence-corrected chi connectivity index (χ3v) is 3.91. The van der Waals surface area contributed by atoms with Crippen molar-refractivity contribution in [3.63, 3.8) is 0 Å². The van der Waals surface area contributed by atoms with Gasteiger partial charge in [-0.15, -0.1) is 0 Å². The van der Waals surface area contributed by atoms with Gasteiger partial charge in [0, 0.05) is 31.3 Å². The molecule has 3 rings (SSSR count). The molecule has 1 aliphatic heterocycles. The first kappa shape index (κ1) is 13.1. The van der Waals surface area contributed by atoms with Crippen LogP contribution in [-0.2, 0) is 0 Å². The quantitative estimate of drug-likeness (QED) is 0.852. The van der Waals surface area contributed by atoms with Crippen molar-refractivity contribution in [1.29, 1.82) is 0 Å². The molecule has 4 nitrogen and oxygen atoms in total. The topological polar surface area (TPSA) is 46.1 Å². The van der Waals surface area contributed by atoms with Gasteiger partial charge in [0.25, 0.3) is 5.91 Å². The number of hydrogen-bond donors (Lipinski definition) is 0. The van der Waals surface area contributed by atoms with Crippen LogP contribution in [0.15, 0.2) is 43.0 Å². The Morgan fingerprint density at radius 1 is 1.25 bits per heavy atom. The van der Waals surface area contributed by atoms with Crippen molar-refractivity contribution >= 4 is 17.5 Å². The van der Waals surface area contributed by atoms with E-state index in [0.29, 0.717) is 10.6 Å². The molecule has 0 saturated carbocycles. The highest BCUT2D eigenvalue weighted by molar-refractivity contribution is 6.33. The highest BCUT2D eigenvalue weighted by Gasteiger charge is 2.31. The summed E-state index contributed by atoms with van der Waals surface area (Å²) in [6, 6.07) is 5.62. The van der Waals surface area contributed by atoms with Crippen molar-refractivity contribution < 1.29 is 4.79 Å². The van der Waals surface area contributed by atoms with Crippen LogP contribution in [0.25, 0.3) is 0 Å². The van der Waals surface area contributed by atoms with E-state index in [1.54, 1.807) is 18.5 Å². The third kappa shape index (κ3) is 2.39. The van der Waals surface area contributed by atoms with Crippen LogP contribution in [0.2, 0.25) is 5.02 Å². The molecule has 2 aromatic rings. The van der Waals surface area contributed by atoms with E-state index in [2.05, 4.69) is 9.97 Å². The van der Waals surface area contributed by atoms with Crippen LogP contribution in [0.3, 0.4) is 0 Å². The number of likely N-dealkylation sites (tertiary alicyclic amines) is 1. The Labute approximate surface area is 122 Å². The Bertz CT molecular complexity index is 618.